The molecule has 0 saturated carbocycles. The van der Waals surface area contributed by atoms with Gasteiger partial charge in [0.1, 0.15) is 23.8 Å². The van der Waals surface area contributed by atoms with Crippen LogP contribution in [0.1, 0.15) is 46.3 Å². The van der Waals surface area contributed by atoms with Crippen molar-refractivity contribution in [2.45, 2.75) is 50.0 Å². The van der Waals surface area contributed by atoms with Crippen LogP contribution in [0.15, 0.2) is 53.6 Å². The highest BCUT2D eigenvalue weighted by Gasteiger charge is 2.29. The Kier molecular flexibility index (Phi) is 9.09. The lowest BCUT2D eigenvalue weighted by Crippen LogP contribution is -2.41. The Morgan fingerprint density at radius 1 is 1.03 bits per heavy atom. The van der Waals surface area contributed by atoms with Crippen molar-refractivity contribution in [2.24, 2.45) is 0 Å². The van der Waals surface area contributed by atoms with Gasteiger partial charge >= 0.3 is 5.97 Å². The van der Waals surface area contributed by atoms with Crippen molar-refractivity contribution >= 4 is 23.6 Å². The molecule has 0 unspecified atom stereocenters. The van der Waals surface area contributed by atoms with Crippen molar-refractivity contribution in [3.8, 4) is 11.5 Å². The number of aryl methyl sites for hydroxylation is 2. The number of aromatic nitrogens is 1. The molecule has 2 aromatic carbocycles. The number of rotatable bonds is 9. The Morgan fingerprint density at radius 2 is 1.68 bits per heavy atom. The molecule has 196 valence electrons. The van der Waals surface area contributed by atoms with E-state index < -0.39 is 40.8 Å². The number of benzene rings is 2. The zero-order valence-electron chi connectivity index (χ0n) is 21.0. The molecule has 0 aliphatic carbocycles. The van der Waals surface area contributed by atoms with Gasteiger partial charge in [-0.1, -0.05) is 6.07 Å². The molecular weight excluding hydrogens is 502 g/mol. The molecule has 3 rings (SSSR count). The minimum Gasteiger partial charge on any atom is -0.503 e. The summed E-state index contributed by atoms with van der Waals surface area (Å²) in [4.78, 5) is 30.1. The van der Waals surface area contributed by atoms with Gasteiger partial charge < -0.3 is 19.9 Å². The Morgan fingerprint density at radius 3 is 2.30 bits per heavy atom. The Hall–Kier alpha value is -3.66. The summed E-state index contributed by atoms with van der Waals surface area (Å²) in [5, 5.41) is 12.2. The van der Waals surface area contributed by atoms with E-state index in [0.29, 0.717) is 11.1 Å². The third kappa shape index (κ3) is 6.76. The highest BCUT2D eigenvalue weighted by Crippen LogP contribution is 2.42. The highest BCUT2D eigenvalue weighted by atomic mass is 32.2. The summed E-state index contributed by atoms with van der Waals surface area (Å²) in [6.45, 7) is 6.67. The number of ether oxygens (including phenoxy) is 2. The second-order valence-electron chi connectivity index (χ2n) is 8.50. The monoisotopic (exact) mass is 530 g/mol. The molecule has 1 amide bonds. The van der Waals surface area contributed by atoms with Crippen molar-refractivity contribution in [1.82, 2.24) is 10.3 Å². The molecule has 0 aliphatic rings. The summed E-state index contributed by atoms with van der Waals surface area (Å²) in [7, 11) is 1.34. The zero-order valence-corrected chi connectivity index (χ0v) is 21.9. The fourth-order valence-electron chi connectivity index (χ4n) is 3.69. The van der Waals surface area contributed by atoms with E-state index >= 15 is 0 Å². The molecule has 0 radical (unpaired) electrons. The summed E-state index contributed by atoms with van der Waals surface area (Å²) in [5.74, 6) is -2.64. The predicted molar refractivity (Wildman–Crippen MR) is 136 cm³/mol. The molecule has 0 fully saturated rings. The molecule has 0 saturated heterocycles. The van der Waals surface area contributed by atoms with Crippen LogP contribution in [-0.2, 0) is 9.53 Å². The number of hydrogen-bond acceptors (Lipinski definition) is 7. The van der Waals surface area contributed by atoms with Crippen LogP contribution in [-0.4, -0.2) is 41.2 Å². The van der Waals surface area contributed by atoms with Crippen LogP contribution in [0.2, 0.25) is 0 Å². The topological polar surface area (TPSA) is 97.8 Å². The quantitative estimate of drug-likeness (QED) is 0.287. The zero-order chi connectivity index (χ0) is 27.3. The second kappa shape index (κ2) is 12.1. The van der Waals surface area contributed by atoms with E-state index in [4.69, 9.17) is 9.47 Å². The van der Waals surface area contributed by atoms with Gasteiger partial charge in [-0.3, -0.25) is 4.79 Å². The van der Waals surface area contributed by atoms with Crippen molar-refractivity contribution in [3.63, 3.8) is 0 Å². The third-order valence-corrected chi connectivity index (χ3v) is 7.28. The van der Waals surface area contributed by atoms with E-state index in [2.05, 4.69) is 10.3 Å². The van der Waals surface area contributed by atoms with Gasteiger partial charge in [-0.2, -0.15) is 0 Å². The first-order valence-corrected chi connectivity index (χ1v) is 12.3. The first-order valence-electron chi connectivity index (χ1n) is 11.4. The van der Waals surface area contributed by atoms with E-state index in [-0.39, 0.29) is 17.3 Å². The van der Waals surface area contributed by atoms with Crippen LogP contribution < -0.4 is 10.1 Å². The van der Waals surface area contributed by atoms with Crippen LogP contribution >= 0.6 is 11.8 Å². The standard InChI is InChI=1S/C27H28F2N2O5S/c1-14-12-18(28)6-8-20(14)25(37-22-9-7-19(29)13-15(22)2)17(4)36-27(34)16(3)31-26(33)23-24(32)21(35-5)10-11-30-23/h6-13,16-17,25,32H,1-5H3,(H,31,33)/t16-,17-,25-/m0/s1. The molecule has 1 heterocycles. The molecule has 10 heteroatoms. The van der Waals surface area contributed by atoms with Crippen LogP contribution in [0, 0.1) is 25.5 Å². The van der Waals surface area contributed by atoms with E-state index in [0.717, 1.165) is 10.5 Å². The van der Waals surface area contributed by atoms with E-state index in [1.165, 1.54) is 62.3 Å². The maximum absolute atomic E-state index is 13.8. The molecule has 2 N–H and O–H groups in total. The average Bonchev–Trinajstić information content (AvgIpc) is 2.84. The van der Waals surface area contributed by atoms with Crippen molar-refractivity contribution in [1.29, 1.82) is 0 Å². The Balaban J connectivity index is 1.79. The number of nitrogens with zero attached hydrogens (tertiary/aromatic N) is 1. The number of amides is 1. The molecule has 1 aromatic heterocycles. The fraction of sp³-hybridized carbons (Fsp3) is 0.296. The number of carbonyl (C=O) groups is 2. The molecule has 37 heavy (non-hydrogen) atoms. The summed E-state index contributed by atoms with van der Waals surface area (Å²) >= 11 is 1.37. The average molecular weight is 531 g/mol. The summed E-state index contributed by atoms with van der Waals surface area (Å²) in [6.07, 6.45) is 0.580. The van der Waals surface area contributed by atoms with Gasteiger partial charge in [0.25, 0.3) is 5.91 Å². The Labute approximate surface area is 218 Å². The van der Waals surface area contributed by atoms with Gasteiger partial charge in [0.2, 0.25) is 0 Å². The maximum Gasteiger partial charge on any atom is 0.328 e. The number of methoxy groups -OCH3 is 1. The number of esters is 1. The van der Waals surface area contributed by atoms with Crippen LogP contribution in [0.4, 0.5) is 8.78 Å². The van der Waals surface area contributed by atoms with Gasteiger partial charge in [0.05, 0.1) is 12.4 Å². The van der Waals surface area contributed by atoms with Crippen molar-refractivity contribution < 1.29 is 33.0 Å². The third-order valence-electron chi connectivity index (χ3n) is 5.68. The number of thioether (sulfide) groups is 1. The lowest BCUT2D eigenvalue weighted by atomic mass is 10.0. The van der Waals surface area contributed by atoms with Crippen molar-refractivity contribution in [2.75, 3.05) is 7.11 Å². The van der Waals surface area contributed by atoms with Gasteiger partial charge in [-0.05, 0) is 74.7 Å². The van der Waals surface area contributed by atoms with E-state index in [1.54, 1.807) is 32.9 Å². The SMILES string of the molecule is COc1ccnc(C(=O)N[C@@H](C)C(=O)O[C@@H](C)[C@H](Sc2ccc(F)cc2C)c2ccc(F)cc2C)c1O. The van der Waals surface area contributed by atoms with E-state index in [9.17, 15) is 23.5 Å². The lowest BCUT2D eigenvalue weighted by molar-refractivity contribution is -0.150. The molecular formula is C27H28F2N2O5S. The maximum atomic E-state index is 13.8. The molecule has 0 aliphatic heterocycles. The highest BCUT2D eigenvalue weighted by molar-refractivity contribution is 7.99. The van der Waals surface area contributed by atoms with Crippen LogP contribution in [0.25, 0.3) is 0 Å². The van der Waals surface area contributed by atoms with E-state index in [1.807, 2.05) is 0 Å². The summed E-state index contributed by atoms with van der Waals surface area (Å²) in [5.41, 5.74) is 1.83. The number of nitrogens with one attached hydrogen (secondary N) is 1. The lowest BCUT2D eigenvalue weighted by Gasteiger charge is -2.27. The molecule has 7 nitrogen and oxygen atoms in total. The Bertz CT molecular complexity index is 1300. The molecule has 3 atom stereocenters. The molecule has 3 aromatic rings. The largest absolute Gasteiger partial charge is 0.503 e. The first kappa shape index (κ1) is 27.9. The second-order valence-corrected chi connectivity index (χ2v) is 9.68. The number of hydrogen-bond donors (Lipinski definition) is 2. The van der Waals surface area contributed by atoms with Gasteiger partial charge in [-0.15, -0.1) is 11.8 Å². The van der Waals surface area contributed by atoms with Gasteiger partial charge in [0, 0.05) is 17.2 Å². The normalized spacial score (nSPS) is 13.4. The summed E-state index contributed by atoms with van der Waals surface area (Å²) in [6, 6.07) is 9.08. The van der Waals surface area contributed by atoms with Crippen molar-refractivity contribution in [3.05, 3.63) is 82.7 Å². The smallest absolute Gasteiger partial charge is 0.328 e. The molecule has 0 bridgehead atoms. The summed E-state index contributed by atoms with van der Waals surface area (Å²) < 4.78 is 38.1. The number of aromatic hydroxyl groups is 1. The molecule has 0 spiro atoms. The van der Waals surface area contributed by atoms with Crippen LogP contribution in [0.5, 0.6) is 11.5 Å². The van der Waals surface area contributed by atoms with Gasteiger partial charge in [-0.25, -0.2) is 18.6 Å². The number of carbonyl (C=O) groups excluding carboxylic acids is 2. The number of pyridine rings is 1. The van der Waals surface area contributed by atoms with Gasteiger partial charge in [0.15, 0.2) is 17.2 Å². The number of halogens is 2. The predicted octanol–water partition coefficient (Wildman–Crippen LogP) is 5.27. The minimum atomic E-state index is -1.07. The fourth-order valence-corrected chi connectivity index (χ4v) is 4.99. The first-order chi connectivity index (χ1) is 17.5. The minimum absolute atomic E-state index is 0.0645. The van der Waals surface area contributed by atoms with Crippen LogP contribution in [0.3, 0.4) is 0 Å².